The maximum absolute atomic E-state index is 8.94. The van der Waals surface area contributed by atoms with Crippen molar-refractivity contribution in [3.8, 4) is 0 Å². The highest BCUT2D eigenvalue weighted by Crippen LogP contribution is 2.17. The number of aliphatic hydroxyl groups excluding tert-OH is 1. The summed E-state index contributed by atoms with van der Waals surface area (Å²) in [4.78, 5) is 8.73. The number of nitrogens with two attached hydrogens (primary N) is 1. The molecule has 3 rings (SSSR count). The van der Waals surface area contributed by atoms with Crippen molar-refractivity contribution in [2.24, 2.45) is 0 Å². The van der Waals surface area contributed by atoms with Gasteiger partial charge < -0.3 is 50.8 Å². The Morgan fingerprint density at radius 3 is 2.52 bits per heavy atom. The standard InChI is InChI=1S/C15H23N7O.4ClH/c1-12-9-14(22-15(19-12)13(16)10-18-22)17-3-2-4-20-5-6-21(11-20)7-8-23;;;;/h5-6,9-10,17,23H,2-4,7-8,11,16H2,1H3;4*1H/p-2. The van der Waals surface area contributed by atoms with Gasteiger partial charge in [-0.05, 0) is 13.3 Å². The zero-order valence-electron chi connectivity index (χ0n) is 14.9. The van der Waals surface area contributed by atoms with Crippen molar-refractivity contribution in [2.45, 2.75) is 13.3 Å². The van der Waals surface area contributed by atoms with Gasteiger partial charge in [0.25, 0.3) is 0 Å². The smallest absolute Gasteiger partial charge is 0.180 e. The van der Waals surface area contributed by atoms with Crippen LogP contribution in [0.2, 0.25) is 0 Å². The average molecular weight is 461 g/mol. The summed E-state index contributed by atoms with van der Waals surface area (Å²) in [5.41, 5.74) is 8.07. The van der Waals surface area contributed by atoms with Gasteiger partial charge in [0.1, 0.15) is 5.82 Å². The van der Waals surface area contributed by atoms with Crippen molar-refractivity contribution in [3.63, 3.8) is 0 Å². The minimum Gasteiger partial charge on any atom is -1.00 e. The Hall–Kier alpha value is -1.32. The quantitative estimate of drug-likeness (QED) is 0.357. The number of hydrogen-bond acceptors (Lipinski definition) is 7. The molecule has 0 unspecified atom stereocenters. The van der Waals surface area contributed by atoms with Crippen LogP contribution >= 0.6 is 24.8 Å². The third-order valence-corrected chi connectivity index (χ3v) is 3.79. The largest absolute Gasteiger partial charge is 1.00 e. The lowest BCUT2D eigenvalue weighted by Gasteiger charge is -2.20. The number of rotatable bonds is 7. The van der Waals surface area contributed by atoms with Crippen LogP contribution in [0.4, 0.5) is 11.5 Å². The van der Waals surface area contributed by atoms with E-state index in [-0.39, 0.29) is 56.2 Å². The van der Waals surface area contributed by atoms with E-state index in [4.69, 9.17) is 10.8 Å². The fourth-order valence-corrected chi connectivity index (χ4v) is 2.66. The monoisotopic (exact) mass is 459 g/mol. The zero-order valence-corrected chi connectivity index (χ0v) is 18.0. The van der Waals surface area contributed by atoms with Crippen LogP contribution in [-0.4, -0.2) is 62.4 Å². The van der Waals surface area contributed by atoms with E-state index < -0.39 is 0 Å². The minimum atomic E-state index is 0. The highest BCUT2D eigenvalue weighted by molar-refractivity contribution is 5.85. The van der Waals surface area contributed by atoms with Gasteiger partial charge in [0, 0.05) is 43.8 Å². The molecule has 1 aliphatic rings. The van der Waals surface area contributed by atoms with E-state index in [0.717, 1.165) is 37.7 Å². The number of nitrogens with zero attached hydrogens (tertiary/aromatic N) is 5. The third-order valence-electron chi connectivity index (χ3n) is 3.79. The first-order valence-corrected chi connectivity index (χ1v) is 7.79. The molecule has 2 aromatic rings. The zero-order chi connectivity index (χ0) is 16.2. The molecule has 0 aliphatic carbocycles. The number of hydrogen-bond donors (Lipinski definition) is 3. The summed E-state index contributed by atoms with van der Waals surface area (Å²) in [5, 5.41) is 16.6. The topological polar surface area (TPSA) is 94.9 Å². The summed E-state index contributed by atoms with van der Waals surface area (Å²) in [6, 6.07) is 1.97. The summed E-state index contributed by atoms with van der Waals surface area (Å²) in [5.74, 6) is 0.906. The number of anilines is 2. The molecule has 0 atom stereocenters. The molecule has 0 radical (unpaired) electrons. The highest BCUT2D eigenvalue weighted by Gasteiger charge is 2.11. The van der Waals surface area contributed by atoms with Crippen molar-refractivity contribution < 1.29 is 29.9 Å². The fraction of sp³-hybridized carbons (Fsp3) is 0.467. The lowest BCUT2D eigenvalue weighted by atomic mass is 10.3. The Bertz CT molecular complexity index is 713. The molecule has 12 heteroatoms. The van der Waals surface area contributed by atoms with Crippen LogP contribution in [0.15, 0.2) is 24.7 Å². The van der Waals surface area contributed by atoms with Crippen LogP contribution in [-0.2, 0) is 0 Å². The van der Waals surface area contributed by atoms with E-state index in [1.807, 2.05) is 19.2 Å². The van der Waals surface area contributed by atoms with Crippen molar-refractivity contribution in [3.05, 3.63) is 30.4 Å². The Labute approximate surface area is 183 Å². The second kappa shape index (κ2) is 13.0. The third kappa shape index (κ3) is 6.97. The number of aliphatic hydroxyl groups is 1. The molecular formula is C15H25Cl4N7O-2. The normalized spacial score (nSPS) is 12.1. The van der Waals surface area contributed by atoms with Crippen molar-refractivity contribution in [1.82, 2.24) is 24.4 Å². The van der Waals surface area contributed by atoms with Gasteiger partial charge in [-0.25, -0.2) is 4.98 Å². The van der Waals surface area contributed by atoms with Gasteiger partial charge in [-0.15, -0.1) is 24.8 Å². The van der Waals surface area contributed by atoms with E-state index in [0.29, 0.717) is 17.9 Å². The number of nitrogen functional groups attached to an aromatic ring is 1. The molecule has 0 spiro atoms. The SMILES string of the molecule is Cc1cc(NCCCN2C=CN(CCO)C2)n2ncc(N)c2n1.Cl.Cl.[Cl-].[Cl-]. The van der Waals surface area contributed by atoms with Crippen LogP contribution in [0.3, 0.4) is 0 Å². The minimum absolute atomic E-state index is 0. The summed E-state index contributed by atoms with van der Waals surface area (Å²) in [6.07, 6.45) is 6.71. The number of fused-ring (bicyclic) bond motifs is 1. The van der Waals surface area contributed by atoms with Gasteiger partial charge in [-0.2, -0.15) is 9.61 Å². The fourth-order valence-electron chi connectivity index (χ4n) is 2.66. The van der Waals surface area contributed by atoms with Crippen molar-refractivity contribution >= 4 is 42.0 Å². The number of aryl methyl sites for hydroxylation is 1. The summed E-state index contributed by atoms with van der Waals surface area (Å²) in [7, 11) is 0. The summed E-state index contributed by atoms with van der Waals surface area (Å²) in [6.45, 7) is 5.45. The van der Waals surface area contributed by atoms with Gasteiger partial charge in [-0.1, -0.05) is 0 Å². The number of aromatic nitrogens is 3. The molecule has 8 nitrogen and oxygen atoms in total. The van der Waals surface area contributed by atoms with E-state index in [9.17, 15) is 0 Å². The molecule has 0 bridgehead atoms. The molecule has 3 heterocycles. The highest BCUT2D eigenvalue weighted by atomic mass is 35.5. The molecule has 0 aromatic carbocycles. The number of halogens is 4. The van der Waals surface area contributed by atoms with E-state index in [1.165, 1.54) is 0 Å². The van der Waals surface area contributed by atoms with Gasteiger partial charge in [0.05, 0.1) is 25.2 Å². The van der Waals surface area contributed by atoms with Crippen LogP contribution in [0.1, 0.15) is 12.1 Å². The lowest BCUT2D eigenvalue weighted by Crippen LogP contribution is -3.00. The van der Waals surface area contributed by atoms with E-state index in [1.54, 1.807) is 10.7 Å². The predicted molar refractivity (Wildman–Crippen MR) is 104 cm³/mol. The Morgan fingerprint density at radius 2 is 1.85 bits per heavy atom. The molecule has 2 aromatic heterocycles. The van der Waals surface area contributed by atoms with Crippen molar-refractivity contribution in [2.75, 3.05) is 44.0 Å². The van der Waals surface area contributed by atoms with Gasteiger partial charge in [0.15, 0.2) is 5.65 Å². The van der Waals surface area contributed by atoms with E-state index in [2.05, 4.69) is 31.4 Å². The maximum Gasteiger partial charge on any atom is 0.180 e. The molecule has 0 fully saturated rings. The average Bonchev–Trinajstić information content (AvgIpc) is 3.12. The summed E-state index contributed by atoms with van der Waals surface area (Å²) < 4.78 is 1.74. The Morgan fingerprint density at radius 1 is 1.19 bits per heavy atom. The number of nitrogens with one attached hydrogen (secondary N) is 1. The molecule has 0 saturated heterocycles. The predicted octanol–water partition coefficient (Wildman–Crippen LogP) is -4.69. The van der Waals surface area contributed by atoms with Gasteiger partial charge >= 0.3 is 0 Å². The molecule has 4 N–H and O–H groups in total. The van der Waals surface area contributed by atoms with Crippen LogP contribution < -0.4 is 35.9 Å². The molecule has 0 saturated carbocycles. The van der Waals surface area contributed by atoms with Gasteiger partial charge in [-0.3, -0.25) is 0 Å². The van der Waals surface area contributed by atoms with Gasteiger partial charge in [0.2, 0.25) is 0 Å². The molecule has 27 heavy (non-hydrogen) atoms. The molecule has 156 valence electrons. The Balaban J connectivity index is 0. The first-order chi connectivity index (χ1) is 11.2. The molecular weight excluding hydrogens is 436 g/mol. The van der Waals surface area contributed by atoms with Crippen molar-refractivity contribution in [1.29, 1.82) is 0 Å². The first-order valence-electron chi connectivity index (χ1n) is 7.79. The van der Waals surface area contributed by atoms with Crippen LogP contribution in [0.25, 0.3) is 5.65 Å². The lowest BCUT2D eigenvalue weighted by molar-refractivity contribution is -0.00100. The molecule has 1 aliphatic heterocycles. The second-order valence-corrected chi connectivity index (χ2v) is 5.69. The maximum atomic E-state index is 8.94. The number of β-amino-alcohol motifs (C(OH)–C–C–N with tert-alkyl or cyclic N) is 1. The summed E-state index contributed by atoms with van der Waals surface area (Å²) >= 11 is 0. The molecule has 0 amide bonds. The van der Waals surface area contributed by atoms with Crippen LogP contribution in [0.5, 0.6) is 0 Å². The Kier molecular flexibility index (Phi) is 13.4. The van der Waals surface area contributed by atoms with Crippen LogP contribution in [0, 0.1) is 6.92 Å². The first kappa shape index (κ1) is 27.9. The second-order valence-electron chi connectivity index (χ2n) is 5.69. The van der Waals surface area contributed by atoms with E-state index >= 15 is 0 Å².